The van der Waals surface area contributed by atoms with E-state index < -0.39 is 0 Å². The molecule has 2 nitrogen and oxygen atoms in total. The fourth-order valence-electron chi connectivity index (χ4n) is 3.08. The van der Waals surface area contributed by atoms with E-state index in [1.165, 1.54) is 44.9 Å². The third-order valence-electron chi connectivity index (χ3n) is 4.11. The summed E-state index contributed by atoms with van der Waals surface area (Å²) in [6.07, 6.45) is 10.0. The maximum absolute atomic E-state index is 5.69. The zero-order chi connectivity index (χ0) is 9.80. The molecule has 2 rings (SSSR count). The quantitative estimate of drug-likeness (QED) is 0.708. The molecule has 2 atom stereocenters. The van der Waals surface area contributed by atoms with Crippen LogP contribution in [0.1, 0.15) is 44.9 Å². The summed E-state index contributed by atoms with van der Waals surface area (Å²) in [4.78, 5) is 0. The molecule has 0 spiro atoms. The van der Waals surface area contributed by atoms with Crippen molar-refractivity contribution in [3.8, 4) is 0 Å². The van der Waals surface area contributed by atoms with Gasteiger partial charge in [-0.1, -0.05) is 19.3 Å². The average Bonchev–Trinajstić information content (AvgIpc) is 2.30. The molecule has 2 fully saturated rings. The zero-order valence-electron chi connectivity index (χ0n) is 9.17. The highest BCUT2D eigenvalue weighted by Gasteiger charge is 2.27. The number of piperidine rings is 1. The number of hydrogen-bond acceptors (Lipinski definition) is 2. The summed E-state index contributed by atoms with van der Waals surface area (Å²) >= 11 is 0. The lowest BCUT2D eigenvalue weighted by Crippen LogP contribution is -2.45. The predicted octanol–water partition coefficient (Wildman–Crippen LogP) is 1.89. The van der Waals surface area contributed by atoms with Crippen LogP contribution < -0.4 is 11.1 Å². The second-order valence-corrected chi connectivity index (χ2v) is 5.09. The molecular weight excluding hydrogens is 172 g/mol. The Hall–Kier alpha value is -0.0800. The van der Waals surface area contributed by atoms with Gasteiger partial charge in [-0.2, -0.15) is 0 Å². The molecule has 1 heterocycles. The SMILES string of the molecule is NCC1CCC(C2CCCCC2)NC1. The zero-order valence-corrected chi connectivity index (χ0v) is 9.17. The molecular formula is C12H24N2. The highest BCUT2D eigenvalue weighted by molar-refractivity contribution is 4.84. The first kappa shape index (κ1) is 10.4. The summed E-state index contributed by atoms with van der Waals surface area (Å²) in [6.45, 7) is 2.03. The molecule has 1 saturated carbocycles. The van der Waals surface area contributed by atoms with Gasteiger partial charge in [-0.3, -0.25) is 0 Å². The van der Waals surface area contributed by atoms with Gasteiger partial charge in [0.1, 0.15) is 0 Å². The van der Waals surface area contributed by atoms with Gasteiger partial charge in [-0.05, 0) is 50.6 Å². The first-order chi connectivity index (χ1) is 6.90. The van der Waals surface area contributed by atoms with Crippen molar-refractivity contribution in [2.45, 2.75) is 51.0 Å². The second kappa shape index (κ2) is 5.13. The topological polar surface area (TPSA) is 38.0 Å². The maximum atomic E-state index is 5.69. The Bertz CT molecular complexity index is 156. The fraction of sp³-hybridized carbons (Fsp3) is 1.00. The van der Waals surface area contributed by atoms with Crippen molar-refractivity contribution in [3.63, 3.8) is 0 Å². The van der Waals surface area contributed by atoms with E-state index >= 15 is 0 Å². The van der Waals surface area contributed by atoms with Crippen LogP contribution in [-0.2, 0) is 0 Å². The highest BCUT2D eigenvalue weighted by Crippen LogP contribution is 2.30. The van der Waals surface area contributed by atoms with Gasteiger partial charge in [0, 0.05) is 6.04 Å². The lowest BCUT2D eigenvalue weighted by molar-refractivity contribution is 0.207. The van der Waals surface area contributed by atoms with Gasteiger partial charge in [-0.15, -0.1) is 0 Å². The van der Waals surface area contributed by atoms with Gasteiger partial charge in [0.25, 0.3) is 0 Å². The van der Waals surface area contributed by atoms with E-state index in [9.17, 15) is 0 Å². The molecule has 0 bridgehead atoms. The van der Waals surface area contributed by atoms with Crippen molar-refractivity contribution in [2.24, 2.45) is 17.6 Å². The third kappa shape index (κ3) is 2.48. The van der Waals surface area contributed by atoms with Crippen LogP contribution in [0.5, 0.6) is 0 Å². The molecule has 2 unspecified atom stereocenters. The highest BCUT2D eigenvalue weighted by atomic mass is 14.9. The lowest BCUT2D eigenvalue weighted by atomic mass is 9.79. The molecule has 0 aromatic carbocycles. The number of rotatable bonds is 2. The van der Waals surface area contributed by atoms with E-state index in [2.05, 4.69) is 5.32 Å². The minimum absolute atomic E-state index is 0.745. The summed E-state index contributed by atoms with van der Waals surface area (Å²) in [5, 5.41) is 3.71. The average molecular weight is 196 g/mol. The van der Waals surface area contributed by atoms with Crippen molar-refractivity contribution in [1.82, 2.24) is 5.32 Å². The summed E-state index contributed by atoms with van der Waals surface area (Å²) in [5.41, 5.74) is 5.69. The Labute approximate surface area is 87.6 Å². The molecule has 1 aliphatic heterocycles. The van der Waals surface area contributed by atoms with Gasteiger partial charge in [0.05, 0.1) is 0 Å². The van der Waals surface area contributed by atoms with Crippen LogP contribution >= 0.6 is 0 Å². The minimum atomic E-state index is 0.745. The molecule has 0 amide bonds. The van der Waals surface area contributed by atoms with Crippen LogP contribution in [0, 0.1) is 11.8 Å². The molecule has 2 heteroatoms. The van der Waals surface area contributed by atoms with Gasteiger partial charge < -0.3 is 11.1 Å². The van der Waals surface area contributed by atoms with Crippen molar-refractivity contribution >= 4 is 0 Å². The van der Waals surface area contributed by atoms with Crippen LogP contribution in [0.4, 0.5) is 0 Å². The van der Waals surface area contributed by atoms with Crippen LogP contribution in [-0.4, -0.2) is 19.1 Å². The van der Waals surface area contributed by atoms with Gasteiger partial charge in [-0.25, -0.2) is 0 Å². The van der Waals surface area contributed by atoms with Crippen molar-refractivity contribution in [2.75, 3.05) is 13.1 Å². The molecule has 82 valence electrons. The van der Waals surface area contributed by atoms with Crippen molar-refractivity contribution in [3.05, 3.63) is 0 Å². The summed E-state index contributed by atoms with van der Waals surface area (Å²) in [7, 11) is 0. The van der Waals surface area contributed by atoms with Gasteiger partial charge in [0.15, 0.2) is 0 Å². The molecule has 1 aliphatic carbocycles. The van der Waals surface area contributed by atoms with Crippen LogP contribution in [0.25, 0.3) is 0 Å². The fourth-order valence-corrected chi connectivity index (χ4v) is 3.08. The Kier molecular flexibility index (Phi) is 3.82. The smallest absolute Gasteiger partial charge is 0.00955 e. The molecule has 0 aromatic heterocycles. The van der Waals surface area contributed by atoms with Crippen molar-refractivity contribution in [1.29, 1.82) is 0 Å². The normalized spacial score (nSPS) is 35.8. The molecule has 14 heavy (non-hydrogen) atoms. The third-order valence-corrected chi connectivity index (χ3v) is 4.11. The summed E-state index contributed by atoms with van der Waals surface area (Å²) < 4.78 is 0. The Balaban J connectivity index is 1.76. The lowest BCUT2D eigenvalue weighted by Gasteiger charge is -2.36. The Morgan fingerprint density at radius 2 is 1.79 bits per heavy atom. The van der Waals surface area contributed by atoms with E-state index in [0.29, 0.717) is 0 Å². The molecule has 2 aliphatic rings. The molecule has 0 radical (unpaired) electrons. The number of nitrogens with two attached hydrogens (primary N) is 1. The standard InChI is InChI=1S/C12H24N2/c13-8-10-6-7-12(14-9-10)11-4-2-1-3-5-11/h10-12,14H,1-9,13H2. The second-order valence-electron chi connectivity index (χ2n) is 5.09. The Morgan fingerprint density at radius 1 is 1.00 bits per heavy atom. The number of nitrogens with one attached hydrogen (secondary N) is 1. The minimum Gasteiger partial charge on any atom is -0.330 e. The predicted molar refractivity (Wildman–Crippen MR) is 60.1 cm³/mol. The monoisotopic (exact) mass is 196 g/mol. The largest absolute Gasteiger partial charge is 0.330 e. The molecule has 3 N–H and O–H groups in total. The van der Waals surface area contributed by atoms with Gasteiger partial charge in [0.2, 0.25) is 0 Å². The molecule has 1 saturated heterocycles. The van der Waals surface area contributed by atoms with Crippen LogP contribution in [0.2, 0.25) is 0 Å². The van der Waals surface area contributed by atoms with E-state index in [0.717, 1.165) is 31.0 Å². The van der Waals surface area contributed by atoms with Crippen LogP contribution in [0.15, 0.2) is 0 Å². The van der Waals surface area contributed by atoms with Crippen molar-refractivity contribution < 1.29 is 0 Å². The first-order valence-electron chi connectivity index (χ1n) is 6.33. The van der Waals surface area contributed by atoms with E-state index in [-0.39, 0.29) is 0 Å². The summed E-state index contributed by atoms with van der Waals surface area (Å²) in [6, 6.07) is 0.818. The van der Waals surface area contributed by atoms with Crippen LogP contribution in [0.3, 0.4) is 0 Å². The first-order valence-corrected chi connectivity index (χ1v) is 6.33. The molecule has 0 aromatic rings. The number of hydrogen-bond donors (Lipinski definition) is 2. The van der Waals surface area contributed by atoms with E-state index in [4.69, 9.17) is 5.73 Å². The van der Waals surface area contributed by atoms with E-state index in [1.807, 2.05) is 0 Å². The summed E-state index contributed by atoms with van der Waals surface area (Å²) in [5.74, 6) is 1.72. The maximum Gasteiger partial charge on any atom is 0.00955 e. The Morgan fingerprint density at radius 3 is 2.36 bits per heavy atom. The van der Waals surface area contributed by atoms with Gasteiger partial charge >= 0.3 is 0 Å². The van der Waals surface area contributed by atoms with E-state index in [1.54, 1.807) is 0 Å².